The predicted octanol–water partition coefficient (Wildman–Crippen LogP) is 2.15. The number of allylic oxidation sites excluding steroid dienone is 1. The SMILES string of the molecule is C=C=C(C)S(=O)(=O)c1ccccc1. The van der Waals surface area contributed by atoms with E-state index < -0.39 is 9.84 Å². The molecule has 1 aromatic rings. The molecule has 0 aromatic heterocycles. The molecule has 0 spiro atoms. The van der Waals surface area contributed by atoms with Gasteiger partial charge in [0.2, 0.25) is 9.84 Å². The van der Waals surface area contributed by atoms with E-state index in [-0.39, 0.29) is 9.80 Å². The second-order valence-corrected chi connectivity index (χ2v) is 4.64. The van der Waals surface area contributed by atoms with Gasteiger partial charge in [0.1, 0.15) is 0 Å². The molecule has 0 fully saturated rings. The first-order chi connectivity index (χ1) is 6.09. The summed E-state index contributed by atoms with van der Waals surface area (Å²) in [5, 5.41) is 0. The molecule has 1 aromatic carbocycles. The normalized spacial score (nSPS) is 10.5. The lowest BCUT2D eigenvalue weighted by Gasteiger charge is -2.00. The summed E-state index contributed by atoms with van der Waals surface area (Å²) in [4.78, 5) is 0.433. The van der Waals surface area contributed by atoms with Crippen LogP contribution < -0.4 is 0 Å². The van der Waals surface area contributed by atoms with Gasteiger partial charge in [0, 0.05) is 0 Å². The van der Waals surface area contributed by atoms with Gasteiger partial charge < -0.3 is 0 Å². The second-order valence-electron chi connectivity index (χ2n) is 2.55. The van der Waals surface area contributed by atoms with Crippen molar-refractivity contribution < 1.29 is 8.42 Å². The molecular formula is C10H10O2S. The van der Waals surface area contributed by atoms with Crippen LogP contribution in [-0.4, -0.2) is 8.42 Å². The molecule has 0 saturated carbocycles. The van der Waals surface area contributed by atoms with Crippen LogP contribution in [0.25, 0.3) is 0 Å². The smallest absolute Gasteiger partial charge is 0.209 e. The summed E-state index contributed by atoms with van der Waals surface area (Å²) in [5.41, 5.74) is 2.38. The molecule has 1 rings (SSSR count). The largest absolute Gasteiger partial charge is 0.218 e. The highest BCUT2D eigenvalue weighted by Gasteiger charge is 2.15. The fourth-order valence-electron chi connectivity index (χ4n) is 0.871. The summed E-state index contributed by atoms with van der Waals surface area (Å²) < 4.78 is 23.2. The van der Waals surface area contributed by atoms with E-state index in [0.717, 1.165) is 0 Å². The van der Waals surface area contributed by atoms with E-state index >= 15 is 0 Å². The van der Waals surface area contributed by atoms with Crippen LogP contribution in [0.5, 0.6) is 0 Å². The molecular weight excluding hydrogens is 184 g/mol. The van der Waals surface area contributed by atoms with Crippen LogP contribution in [-0.2, 0) is 9.84 Å². The molecule has 0 heterocycles. The Morgan fingerprint density at radius 1 is 1.31 bits per heavy atom. The van der Waals surface area contributed by atoms with E-state index in [1.807, 2.05) is 0 Å². The third kappa shape index (κ3) is 1.89. The lowest BCUT2D eigenvalue weighted by Crippen LogP contribution is -2.00. The molecule has 0 unspecified atom stereocenters. The lowest BCUT2D eigenvalue weighted by atomic mass is 10.4. The van der Waals surface area contributed by atoms with Gasteiger partial charge in [0.05, 0.1) is 9.80 Å². The molecule has 13 heavy (non-hydrogen) atoms. The molecule has 0 aliphatic heterocycles. The first-order valence-electron chi connectivity index (χ1n) is 3.76. The van der Waals surface area contributed by atoms with Gasteiger partial charge in [-0.15, -0.1) is 5.73 Å². The lowest BCUT2D eigenvalue weighted by molar-refractivity contribution is 0.602. The molecule has 0 atom stereocenters. The van der Waals surface area contributed by atoms with E-state index in [2.05, 4.69) is 12.3 Å². The van der Waals surface area contributed by atoms with E-state index in [1.165, 1.54) is 6.92 Å². The van der Waals surface area contributed by atoms with Crippen molar-refractivity contribution >= 4 is 9.84 Å². The Labute approximate surface area is 78.1 Å². The van der Waals surface area contributed by atoms with E-state index in [4.69, 9.17) is 0 Å². The minimum absolute atomic E-state index is 0.152. The number of hydrogen-bond acceptors (Lipinski definition) is 2. The van der Waals surface area contributed by atoms with Gasteiger partial charge >= 0.3 is 0 Å². The van der Waals surface area contributed by atoms with Crippen LogP contribution in [0, 0.1) is 0 Å². The summed E-state index contributed by atoms with van der Waals surface area (Å²) >= 11 is 0. The molecule has 0 aliphatic rings. The Balaban J connectivity index is 3.33. The minimum Gasteiger partial charge on any atom is -0.218 e. The topological polar surface area (TPSA) is 34.1 Å². The maximum atomic E-state index is 11.6. The third-order valence-corrected chi connectivity index (χ3v) is 3.55. The predicted molar refractivity (Wildman–Crippen MR) is 52.0 cm³/mol. The number of benzene rings is 1. The highest BCUT2D eigenvalue weighted by atomic mass is 32.2. The summed E-state index contributed by atoms with van der Waals surface area (Å²) in [5.74, 6) is 0. The van der Waals surface area contributed by atoms with Gasteiger partial charge in [-0.05, 0) is 19.1 Å². The average molecular weight is 194 g/mol. The first kappa shape index (κ1) is 9.78. The molecule has 68 valence electrons. The Bertz CT molecular complexity index is 437. The molecule has 0 radical (unpaired) electrons. The fraction of sp³-hybridized carbons (Fsp3) is 0.100. The van der Waals surface area contributed by atoms with Crippen molar-refractivity contribution in [2.75, 3.05) is 0 Å². The summed E-state index contributed by atoms with van der Waals surface area (Å²) in [6, 6.07) is 8.24. The molecule has 3 heteroatoms. The zero-order valence-electron chi connectivity index (χ0n) is 7.32. The Kier molecular flexibility index (Phi) is 2.71. The van der Waals surface area contributed by atoms with Gasteiger partial charge in [-0.25, -0.2) is 8.42 Å². The van der Waals surface area contributed by atoms with Gasteiger partial charge in [0.25, 0.3) is 0 Å². The van der Waals surface area contributed by atoms with Gasteiger partial charge in [-0.3, -0.25) is 0 Å². The monoisotopic (exact) mass is 194 g/mol. The van der Waals surface area contributed by atoms with Crippen LogP contribution in [0.15, 0.2) is 52.4 Å². The first-order valence-corrected chi connectivity index (χ1v) is 5.24. The maximum Gasteiger partial charge on any atom is 0.209 e. The Morgan fingerprint density at radius 3 is 2.31 bits per heavy atom. The van der Waals surface area contributed by atoms with Gasteiger partial charge in [0.15, 0.2) is 0 Å². The van der Waals surface area contributed by atoms with Crippen molar-refractivity contribution in [1.82, 2.24) is 0 Å². The van der Waals surface area contributed by atoms with E-state index in [9.17, 15) is 8.42 Å². The van der Waals surface area contributed by atoms with Crippen LogP contribution in [0.2, 0.25) is 0 Å². The minimum atomic E-state index is -3.35. The average Bonchev–Trinajstić information content (AvgIpc) is 2.18. The number of rotatable bonds is 2. The van der Waals surface area contributed by atoms with E-state index in [1.54, 1.807) is 30.3 Å². The van der Waals surface area contributed by atoms with Gasteiger partial charge in [-0.2, -0.15) is 0 Å². The Morgan fingerprint density at radius 2 is 1.85 bits per heavy atom. The maximum absolute atomic E-state index is 11.6. The number of sulfone groups is 1. The van der Waals surface area contributed by atoms with Crippen LogP contribution in [0.1, 0.15) is 6.92 Å². The van der Waals surface area contributed by atoms with Crippen molar-refractivity contribution in [3.05, 3.63) is 47.5 Å². The molecule has 0 aliphatic carbocycles. The van der Waals surface area contributed by atoms with Crippen molar-refractivity contribution in [2.24, 2.45) is 0 Å². The molecule has 0 bridgehead atoms. The highest BCUT2D eigenvalue weighted by molar-refractivity contribution is 7.95. The summed E-state index contributed by atoms with van der Waals surface area (Å²) in [6.07, 6.45) is 0. The van der Waals surface area contributed by atoms with E-state index in [0.29, 0.717) is 0 Å². The molecule has 2 nitrogen and oxygen atoms in total. The van der Waals surface area contributed by atoms with Gasteiger partial charge in [-0.1, -0.05) is 24.8 Å². The quantitative estimate of drug-likeness (QED) is 0.676. The molecule has 0 amide bonds. The second kappa shape index (κ2) is 3.60. The fourth-order valence-corrected chi connectivity index (χ4v) is 1.93. The standard InChI is InChI=1S/C10H10O2S/c1-3-9(2)13(11,12)10-7-5-4-6-8-10/h4-8H,1H2,2H3. The van der Waals surface area contributed by atoms with Crippen LogP contribution >= 0.6 is 0 Å². The summed E-state index contributed by atoms with van der Waals surface area (Å²) in [6.45, 7) is 4.79. The van der Waals surface area contributed by atoms with Crippen molar-refractivity contribution in [1.29, 1.82) is 0 Å². The zero-order valence-corrected chi connectivity index (χ0v) is 8.14. The zero-order chi connectivity index (χ0) is 9.90. The van der Waals surface area contributed by atoms with Crippen LogP contribution in [0.4, 0.5) is 0 Å². The highest BCUT2D eigenvalue weighted by Crippen LogP contribution is 2.16. The van der Waals surface area contributed by atoms with Crippen LogP contribution in [0.3, 0.4) is 0 Å². The summed E-state index contributed by atoms with van der Waals surface area (Å²) in [7, 11) is -3.35. The third-order valence-electron chi connectivity index (χ3n) is 1.71. The van der Waals surface area contributed by atoms with Crippen molar-refractivity contribution in [3.63, 3.8) is 0 Å². The van der Waals surface area contributed by atoms with Crippen molar-refractivity contribution in [2.45, 2.75) is 11.8 Å². The number of hydrogen-bond donors (Lipinski definition) is 0. The molecule has 0 saturated heterocycles. The molecule has 0 N–H and O–H groups in total. The van der Waals surface area contributed by atoms with Crippen molar-refractivity contribution in [3.8, 4) is 0 Å². The Hall–Kier alpha value is -1.31.